The number of carbonyl (C=O) groups is 2. The fourth-order valence-corrected chi connectivity index (χ4v) is 3.47. The van der Waals surface area contributed by atoms with Gasteiger partial charge in [0.1, 0.15) is 0 Å². The fourth-order valence-electron chi connectivity index (χ4n) is 3.47. The zero-order valence-corrected chi connectivity index (χ0v) is 26.2. The highest BCUT2D eigenvalue weighted by atomic mass is 16.9. The minimum absolute atomic E-state index is 0.160. The van der Waals surface area contributed by atoms with E-state index in [1.165, 1.54) is 18.0 Å². The molecule has 0 radical (unpaired) electrons. The van der Waals surface area contributed by atoms with Crippen LogP contribution in [0, 0.1) is 0 Å². The summed E-state index contributed by atoms with van der Waals surface area (Å²) >= 11 is 0. The van der Waals surface area contributed by atoms with Crippen molar-refractivity contribution in [2.45, 2.75) is 90.4 Å². The molecule has 0 saturated heterocycles. The lowest BCUT2D eigenvalue weighted by atomic mass is 10.2. The van der Waals surface area contributed by atoms with E-state index in [2.05, 4.69) is 31.9 Å². The second kappa shape index (κ2) is 32.1. The van der Waals surface area contributed by atoms with Crippen LogP contribution >= 0.6 is 0 Å². The van der Waals surface area contributed by atoms with Gasteiger partial charge in [0.15, 0.2) is 0 Å². The Bertz CT molecular complexity index is 875. The molecule has 14 nitrogen and oxygen atoms in total. The number of nitrogens with one attached hydrogen (secondary N) is 1. The van der Waals surface area contributed by atoms with E-state index in [0.717, 1.165) is 77.0 Å². The highest BCUT2D eigenvalue weighted by Crippen LogP contribution is 2.04. The molecule has 248 valence electrons. The third-order valence-corrected chi connectivity index (χ3v) is 5.86. The van der Waals surface area contributed by atoms with Crippen molar-refractivity contribution in [3.8, 4) is 0 Å². The van der Waals surface area contributed by atoms with Crippen LogP contribution in [0.15, 0.2) is 32.1 Å². The Labute approximate surface area is 261 Å². The lowest BCUT2D eigenvalue weighted by Crippen LogP contribution is -2.26. The van der Waals surface area contributed by atoms with Crippen molar-refractivity contribution >= 4 is 37.0 Å². The van der Waals surface area contributed by atoms with Crippen molar-refractivity contribution in [1.82, 2.24) is 10.5 Å². The SMILES string of the molecule is C=C(C)C(=O)OCCCOC(=O)NCCCCCCN(OC=NCCCCCCN=C=O)OC=NCCCCCCN=C=O. The summed E-state index contributed by atoms with van der Waals surface area (Å²) in [6, 6.07) is 0. The van der Waals surface area contributed by atoms with Gasteiger partial charge >= 0.3 is 12.1 Å². The van der Waals surface area contributed by atoms with Gasteiger partial charge in [0.05, 0.1) is 32.8 Å². The number of hydrogen-bond acceptors (Lipinski definition) is 13. The maximum atomic E-state index is 11.7. The quantitative estimate of drug-likeness (QED) is 0.0225. The number of hydroxylamine groups is 2. The van der Waals surface area contributed by atoms with Crippen LogP contribution in [0.3, 0.4) is 0 Å². The molecule has 0 spiro atoms. The Morgan fingerprint density at radius 1 is 0.705 bits per heavy atom. The van der Waals surface area contributed by atoms with Gasteiger partial charge in [0.2, 0.25) is 25.0 Å². The molecule has 0 saturated carbocycles. The highest BCUT2D eigenvalue weighted by molar-refractivity contribution is 5.86. The van der Waals surface area contributed by atoms with Crippen LogP contribution in [0.5, 0.6) is 0 Å². The summed E-state index contributed by atoms with van der Waals surface area (Å²) in [5.41, 5.74) is 0.329. The number of rotatable bonds is 30. The number of aliphatic imine (C=N–C) groups is 4. The molecule has 0 bridgehead atoms. The summed E-state index contributed by atoms with van der Waals surface area (Å²) < 4.78 is 10.00. The first kappa shape index (κ1) is 40.1. The molecule has 0 aliphatic carbocycles. The van der Waals surface area contributed by atoms with Crippen LogP contribution in [0.2, 0.25) is 0 Å². The molecule has 0 aliphatic rings. The van der Waals surface area contributed by atoms with Crippen molar-refractivity contribution in [3.05, 3.63) is 12.2 Å². The van der Waals surface area contributed by atoms with E-state index >= 15 is 0 Å². The number of esters is 1. The number of alkyl carbamates (subject to hydrolysis) is 1. The zero-order valence-electron chi connectivity index (χ0n) is 26.2. The van der Waals surface area contributed by atoms with Gasteiger partial charge in [-0.1, -0.05) is 45.1 Å². The van der Waals surface area contributed by atoms with Crippen LogP contribution in [-0.2, 0) is 33.5 Å². The lowest BCUT2D eigenvalue weighted by Gasteiger charge is -2.16. The number of amides is 1. The Morgan fingerprint density at radius 3 is 1.75 bits per heavy atom. The predicted octanol–water partition coefficient (Wildman–Crippen LogP) is 4.80. The van der Waals surface area contributed by atoms with Crippen molar-refractivity contribution in [1.29, 1.82) is 0 Å². The van der Waals surface area contributed by atoms with Gasteiger partial charge in [-0.15, -0.1) is 0 Å². The lowest BCUT2D eigenvalue weighted by molar-refractivity contribution is -0.270. The minimum Gasteiger partial charge on any atom is -0.462 e. The third kappa shape index (κ3) is 29.6. The molecule has 0 aromatic carbocycles. The number of nitrogens with zero attached hydrogens (tertiary/aromatic N) is 5. The number of isocyanates is 2. The molecule has 0 unspecified atom stereocenters. The molecule has 14 heteroatoms. The van der Waals surface area contributed by atoms with Crippen molar-refractivity contribution in [2.24, 2.45) is 20.0 Å². The second-order valence-electron chi connectivity index (χ2n) is 9.81. The van der Waals surface area contributed by atoms with Gasteiger partial charge < -0.3 is 24.5 Å². The van der Waals surface area contributed by atoms with Crippen molar-refractivity contribution < 1.29 is 38.3 Å². The van der Waals surface area contributed by atoms with Gasteiger partial charge in [-0.2, -0.15) is 0 Å². The van der Waals surface area contributed by atoms with Crippen LogP contribution in [0.1, 0.15) is 90.4 Å². The fraction of sp³-hybridized carbons (Fsp3) is 0.733. The van der Waals surface area contributed by atoms with Gasteiger partial charge in [-0.25, -0.2) is 29.2 Å². The number of carbonyl (C=O) groups excluding carboxylic acids is 4. The Hall–Kier alpha value is -3.86. The summed E-state index contributed by atoms with van der Waals surface area (Å²) in [5.74, 6) is -0.457. The summed E-state index contributed by atoms with van der Waals surface area (Å²) in [5, 5.41) is 4.04. The molecule has 0 fully saturated rings. The monoisotopic (exact) mass is 622 g/mol. The highest BCUT2D eigenvalue weighted by Gasteiger charge is 2.06. The second-order valence-corrected chi connectivity index (χ2v) is 9.81. The molecule has 0 rings (SSSR count). The molecule has 0 aliphatic heterocycles. The van der Waals surface area contributed by atoms with E-state index in [-0.39, 0.29) is 13.2 Å². The average Bonchev–Trinajstić information content (AvgIpc) is 3.01. The Balaban J connectivity index is 4.17. The van der Waals surface area contributed by atoms with E-state index < -0.39 is 12.1 Å². The predicted molar refractivity (Wildman–Crippen MR) is 167 cm³/mol. The Kier molecular flexibility index (Phi) is 29.2. The maximum absolute atomic E-state index is 11.7. The van der Waals surface area contributed by atoms with E-state index in [4.69, 9.17) is 19.1 Å². The summed E-state index contributed by atoms with van der Waals surface area (Å²) in [4.78, 5) is 69.9. The molecule has 0 aromatic rings. The van der Waals surface area contributed by atoms with Crippen LogP contribution in [-0.4, -0.2) is 94.7 Å². The van der Waals surface area contributed by atoms with Crippen LogP contribution in [0.4, 0.5) is 4.79 Å². The summed E-state index contributed by atoms with van der Waals surface area (Å²) in [6.45, 7) is 8.66. The van der Waals surface area contributed by atoms with Crippen molar-refractivity contribution in [3.63, 3.8) is 0 Å². The first-order valence-electron chi connectivity index (χ1n) is 15.4. The molecule has 0 aromatic heterocycles. The molecule has 1 N–H and O–H groups in total. The van der Waals surface area contributed by atoms with Gasteiger partial charge in [-0.05, 0) is 45.4 Å². The standard InChI is InChI=1S/C30H50N6O8/c1-28(2)29(39)41-22-15-23-42-30(40)35-20-13-7-8-14-21-36(43-26-33-18-11-5-3-9-16-31-24-37)44-27-34-19-12-6-4-10-17-32-25-38/h26-27H,1,3-23H2,2H3,(H,35,40). The number of ether oxygens (including phenoxy) is 2. The van der Waals surface area contributed by atoms with E-state index in [9.17, 15) is 19.2 Å². The molecular formula is C30H50N6O8. The third-order valence-electron chi connectivity index (χ3n) is 5.86. The molecular weight excluding hydrogens is 572 g/mol. The Morgan fingerprint density at radius 2 is 1.20 bits per heavy atom. The van der Waals surface area contributed by atoms with Gasteiger partial charge in [-0.3, -0.25) is 9.98 Å². The smallest absolute Gasteiger partial charge is 0.407 e. The van der Waals surface area contributed by atoms with Gasteiger partial charge in [0.25, 0.3) is 0 Å². The van der Waals surface area contributed by atoms with Crippen LogP contribution in [0.25, 0.3) is 0 Å². The zero-order chi connectivity index (χ0) is 32.4. The van der Waals surface area contributed by atoms with Crippen molar-refractivity contribution in [2.75, 3.05) is 52.5 Å². The molecule has 0 atom stereocenters. The van der Waals surface area contributed by atoms with Gasteiger partial charge in [0, 0.05) is 36.9 Å². The minimum atomic E-state index is -0.498. The number of hydrogen-bond donors (Lipinski definition) is 1. The molecule has 44 heavy (non-hydrogen) atoms. The first-order valence-corrected chi connectivity index (χ1v) is 15.4. The summed E-state index contributed by atoms with van der Waals surface area (Å²) in [7, 11) is 0. The topological polar surface area (TPSA) is 170 Å². The van der Waals surface area contributed by atoms with E-state index in [1.54, 1.807) is 19.1 Å². The average molecular weight is 623 g/mol. The first-order chi connectivity index (χ1) is 21.5. The largest absolute Gasteiger partial charge is 0.462 e. The molecule has 0 heterocycles. The van der Waals surface area contributed by atoms with E-state index in [0.29, 0.717) is 51.3 Å². The van der Waals surface area contributed by atoms with Crippen LogP contribution < -0.4 is 5.32 Å². The number of unbranched alkanes of at least 4 members (excludes halogenated alkanes) is 9. The summed E-state index contributed by atoms with van der Waals surface area (Å²) in [6.07, 6.45) is 16.6. The van der Waals surface area contributed by atoms with E-state index in [1.807, 2.05) is 0 Å². The normalized spacial score (nSPS) is 10.8. The molecule has 1 amide bonds. The maximum Gasteiger partial charge on any atom is 0.407 e.